The second-order valence-corrected chi connectivity index (χ2v) is 19.9. The lowest BCUT2D eigenvalue weighted by molar-refractivity contribution is -0.137. The van der Waals surface area contributed by atoms with Crippen LogP contribution < -0.4 is 0 Å². The van der Waals surface area contributed by atoms with Crippen molar-refractivity contribution < 1.29 is 18.0 Å². The number of aryl methyl sites for hydroxylation is 2. The quantitative estimate of drug-likeness (QED) is 0.118. The van der Waals surface area contributed by atoms with Crippen molar-refractivity contribution in [2.45, 2.75) is 75.0 Å². The molecule has 240 valence electrons. The Balaban J connectivity index is 1.46. The zero-order chi connectivity index (χ0) is 33.3. The van der Waals surface area contributed by atoms with Crippen LogP contribution in [0.3, 0.4) is 0 Å². The third-order valence-electron chi connectivity index (χ3n) is 8.95. The Labute approximate surface area is 279 Å². The van der Waals surface area contributed by atoms with Crippen LogP contribution in [-0.2, 0) is 19.0 Å². The molecule has 0 saturated carbocycles. The van der Waals surface area contributed by atoms with Crippen LogP contribution in [0.15, 0.2) is 102 Å². The van der Waals surface area contributed by atoms with E-state index in [2.05, 4.69) is 75.4 Å². The van der Waals surface area contributed by atoms with Gasteiger partial charge in [0.05, 0.1) is 11.3 Å². The van der Waals surface area contributed by atoms with Gasteiger partial charge in [0, 0.05) is 20.6 Å². The third-order valence-corrected chi connectivity index (χ3v) is 15.1. The average Bonchev–Trinajstić information content (AvgIpc) is 3.39. The Bertz CT molecular complexity index is 1770. The number of thioether (sulfide) groups is 1. The molecular weight excluding hydrogens is 636 g/mol. The molecule has 0 bridgehead atoms. The number of aromatic nitrogens is 1. The monoisotopic (exact) mass is 675 g/mol. The minimum atomic E-state index is -4.38. The molecule has 0 spiro atoms. The topological polar surface area (TPSA) is 33.1 Å². The number of rotatable bonds is 10. The number of nitrogens with zero attached hydrogens (tertiary/aromatic N) is 1. The lowest BCUT2D eigenvalue weighted by Crippen LogP contribution is -2.40. The van der Waals surface area contributed by atoms with Crippen LogP contribution in [-0.4, -0.2) is 18.1 Å². The summed E-state index contributed by atoms with van der Waals surface area (Å²) in [5.74, 6) is 0. The standard InChI is InChI=1S/C38H40F3NOS2Si/c1-25-22-33(21-18-31(25)24-37(3,4)46(5,6)43)44-34(23-27-12-14-29(15-13-27)28-10-8-7-9-11-28)35-26(2)42-36(45-35)30-16-19-32(20-17-30)38(39,40)41/h7-22,34,43H,23-24H2,1-6H3. The number of halogens is 3. The Hall–Kier alpha value is -3.17. The smallest absolute Gasteiger partial charge is 0.416 e. The largest absolute Gasteiger partial charge is 0.432 e. The van der Waals surface area contributed by atoms with Crippen molar-refractivity contribution in [1.29, 1.82) is 0 Å². The summed E-state index contributed by atoms with van der Waals surface area (Å²) in [5.41, 5.74) is 6.89. The highest BCUT2D eigenvalue weighted by atomic mass is 32.2. The van der Waals surface area contributed by atoms with Gasteiger partial charge in [0.15, 0.2) is 8.32 Å². The first-order valence-corrected chi connectivity index (χ1v) is 20.0. The highest BCUT2D eigenvalue weighted by Crippen LogP contribution is 2.45. The van der Waals surface area contributed by atoms with Gasteiger partial charge < -0.3 is 4.80 Å². The maximum absolute atomic E-state index is 13.2. The van der Waals surface area contributed by atoms with Crippen LogP contribution in [0.5, 0.6) is 0 Å². The molecule has 0 fully saturated rings. The highest BCUT2D eigenvalue weighted by Gasteiger charge is 2.38. The molecule has 1 atom stereocenters. The van der Waals surface area contributed by atoms with Gasteiger partial charge in [0.1, 0.15) is 5.01 Å². The molecule has 4 aromatic carbocycles. The highest BCUT2D eigenvalue weighted by molar-refractivity contribution is 7.99. The molecule has 1 heterocycles. The van der Waals surface area contributed by atoms with Crippen molar-refractivity contribution in [2.24, 2.45) is 0 Å². The van der Waals surface area contributed by atoms with Gasteiger partial charge in [-0.15, -0.1) is 23.1 Å². The molecule has 0 saturated heterocycles. The summed E-state index contributed by atoms with van der Waals surface area (Å²) in [5, 5.41) is 0.611. The van der Waals surface area contributed by atoms with Crippen molar-refractivity contribution in [3.05, 3.63) is 130 Å². The van der Waals surface area contributed by atoms with E-state index in [1.165, 1.54) is 34.4 Å². The van der Waals surface area contributed by atoms with Crippen LogP contribution in [0, 0.1) is 13.8 Å². The number of alkyl halides is 3. The van der Waals surface area contributed by atoms with E-state index < -0.39 is 20.1 Å². The zero-order valence-electron chi connectivity index (χ0n) is 27.1. The van der Waals surface area contributed by atoms with Gasteiger partial charge >= 0.3 is 6.18 Å². The van der Waals surface area contributed by atoms with Crippen molar-refractivity contribution in [3.63, 3.8) is 0 Å². The van der Waals surface area contributed by atoms with Gasteiger partial charge in [0.25, 0.3) is 0 Å². The first-order valence-electron chi connectivity index (χ1n) is 15.4. The van der Waals surface area contributed by atoms with Crippen molar-refractivity contribution >= 4 is 31.4 Å². The Kier molecular flexibility index (Phi) is 10.0. The summed E-state index contributed by atoms with van der Waals surface area (Å²) >= 11 is 3.35. The number of thiazole rings is 1. The maximum Gasteiger partial charge on any atom is 0.416 e. The molecule has 0 aliphatic rings. The lowest BCUT2D eigenvalue weighted by Gasteiger charge is -2.35. The van der Waals surface area contributed by atoms with Crippen LogP contribution in [0.2, 0.25) is 18.1 Å². The van der Waals surface area contributed by atoms with Gasteiger partial charge in [-0.3, -0.25) is 0 Å². The fraction of sp³-hybridized carbons (Fsp3) is 0.289. The van der Waals surface area contributed by atoms with Crippen LogP contribution in [0.25, 0.3) is 21.7 Å². The molecule has 46 heavy (non-hydrogen) atoms. The normalized spacial score (nSPS) is 13.2. The van der Waals surface area contributed by atoms with Gasteiger partial charge in [-0.05, 0) is 96.9 Å². The number of hydrogen-bond donors (Lipinski definition) is 1. The molecule has 0 aliphatic carbocycles. The summed E-state index contributed by atoms with van der Waals surface area (Å²) in [4.78, 5) is 17.9. The molecule has 0 radical (unpaired) electrons. The first-order chi connectivity index (χ1) is 21.6. The SMILES string of the molecule is Cc1cc(SC(Cc2ccc(-c3ccccc3)cc2)c2sc(-c3ccc(C(F)(F)F)cc3)nc2C)ccc1CC(C)(C)[Si](C)(C)O. The second kappa shape index (κ2) is 13.5. The van der Waals surface area contributed by atoms with Crippen LogP contribution in [0.1, 0.15) is 51.9 Å². The molecule has 8 heteroatoms. The molecular formula is C38H40F3NOS2Si. The molecule has 0 aliphatic heterocycles. The van der Waals surface area contributed by atoms with E-state index >= 15 is 0 Å². The van der Waals surface area contributed by atoms with E-state index in [1.54, 1.807) is 23.1 Å². The van der Waals surface area contributed by atoms with Gasteiger partial charge in [0.2, 0.25) is 0 Å². The summed E-state index contributed by atoms with van der Waals surface area (Å²) in [6.07, 6.45) is -2.78. The molecule has 1 unspecified atom stereocenters. The summed E-state index contributed by atoms with van der Waals surface area (Å²) in [7, 11) is -2.35. The summed E-state index contributed by atoms with van der Waals surface area (Å²) < 4.78 is 39.6. The average molecular weight is 676 g/mol. The second-order valence-electron chi connectivity index (χ2n) is 13.1. The number of benzene rings is 4. The molecule has 0 amide bonds. The predicted octanol–water partition coefficient (Wildman–Crippen LogP) is 11.7. The predicted molar refractivity (Wildman–Crippen MR) is 190 cm³/mol. The maximum atomic E-state index is 13.2. The number of hydrogen-bond acceptors (Lipinski definition) is 4. The Morgan fingerprint density at radius 3 is 2.02 bits per heavy atom. The Morgan fingerprint density at radius 1 is 0.826 bits per heavy atom. The van der Waals surface area contributed by atoms with E-state index in [4.69, 9.17) is 4.98 Å². The van der Waals surface area contributed by atoms with Crippen molar-refractivity contribution in [2.75, 3.05) is 0 Å². The summed E-state index contributed by atoms with van der Waals surface area (Å²) in [6.45, 7) is 12.4. The summed E-state index contributed by atoms with van der Waals surface area (Å²) in [6, 6.07) is 30.9. The fourth-order valence-electron chi connectivity index (χ4n) is 5.29. The molecule has 5 rings (SSSR count). The van der Waals surface area contributed by atoms with Gasteiger partial charge in [-0.1, -0.05) is 86.6 Å². The van der Waals surface area contributed by atoms with E-state index in [1.807, 2.05) is 38.2 Å². The fourth-order valence-corrected chi connectivity index (χ4v) is 8.53. The van der Waals surface area contributed by atoms with Crippen LogP contribution in [0.4, 0.5) is 13.2 Å². The van der Waals surface area contributed by atoms with E-state index in [9.17, 15) is 18.0 Å². The van der Waals surface area contributed by atoms with E-state index in [0.29, 0.717) is 5.56 Å². The minimum absolute atomic E-state index is 0.0498. The lowest BCUT2D eigenvalue weighted by atomic mass is 9.98. The van der Waals surface area contributed by atoms with Gasteiger partial charge in [-0.2, -0.15) is 13.2 Å². The molecule has 2 nitrogen and oxygen atoms in total. The first kappa shape index (κ1) is 34.2. The van der Waals surface area contributed by atoms with E-state index in [0.717, 1.165) is 51.0 Å². The molecule has 1 aromatic heterocycles. The zero-order valence-corrected chi connectivity index (χ0v) is 29.7. The van der Waals surface area contributed by atoms with Gasteiger partial charge in [-0.25, -0.2) is 4.98 Å². The van der Waals surface area contributed by atoms with Crippen molar-refractivity contribution in [3.8, 4) is 21.7 Å². The van der Waals surface area contributed by atoms with E-state index in [-0.39, 0.29) is 10.3 Å². The Morgan fingerprint density at radius 2 is 1.43 bits per heavy atom. The van der Waals surface area contributed by atoms with Crippen molar-refractivity contribution in [1.82, 2.24) is 4.98 Å². The minimum Gasteiger partial charge on any atom is -0.432 e. The van der Waals surface area contributed by atoms with Crippen LogP contribution >= 0.6 is 23.1 Å². The molecule has 1 N–H and O–H groups in total. The molecule has 5 aromatic rings. The third kappa shape index (κ3) is 8.03.